The zero-order valence-corrected chi connectivity index (χ0v) is 11.3. The Kier molecular flexibility index (Phi) is 4.54. The summed E-state index contributed by atoms with van der Waals surface area (Å²) in [5.41, 5.74) is -0.295. The first kappa shape index (κ1) is 15.0. The number of thiocarbonyl (C=S) groups is 1. The summed E-state index contributed by atoms with van der Waals surface area (Å²) in [4.78, 5) is 11.8. The second-order valence-corrected chi connectivity index (χ2v) is 4.42. The summed E-state index contributed by atoms with van der Waals surface area (Å²) in [5.74, 6) is -3.41. The summed E-state index contributed by atoms with van der Waals surface area (Å²) in [7, 11) is 0. The first-order valence-electron chi connectivity index (χ1n) is 5.79. The van der Waals surface area contributed by atoms with Crippen LogP contribution in [0.4, 0.5) is 18.9 Å². The van der Waals surface area contributed by atoms with E-state index < -0.39 is 28.9 Å². The Labute approximate surface area is 123 Å². The number of nitrogens with one attached hydrogen (secondary N) is 2. The predicted molar refractivity (Wildman–Crippen MR) is 76.4 cm³/mol. The van der Waals surface area contributed by atoms with Gasteiger partial charge in [-0.05, 0) is 48.6 Å². The lowest BCUT2D eigenvalue weighted by Gasteiger charge is -2.10. The molecule has 0 saturated heterocycles. The Morgan fingerprint density at radius 1 is 0.952 bits per heavy atom. The van der Waals surface area contributed by atoms with E-state index in [1.807, 2.05) is 0 Å². The van der Waals surface area contributed by atoms with Crippen LogP contribution in [0.15, 0.2) is 42.5 Å². The van der Waals surface area contributed by atoms with Gasteiger partial charge in [0.2, 0.25) is 0 Å². The Morgan fingerprint density at radius 3 is 2.10 bits per heavy atom. The van der Waals surface area contributed by atoms with Crippen molar-refractivity contribution < 1.29 is 18.0 Å². The second-order valence-electron chi connectivity index (χ2n) is 4.01. The average Bonchev–Trinajstić information content (AvgIpc) is 2.41. The van der Waals surface area contributed by atoms with E-state index in [1.165, 1.54) is 24.3 Å². The van der Waals surface area contributed by atoms with Gasteiger partial charge >= 0.3 is 0 Å². The largest absolute Gasteiger partial charge is 0.332 e. The fraction of sp³-hybridized carbons (Fsp3) is 0. The van der Waals surface area contributed by atoms with Crippen LogP contribution in [0.2, 0.25) is 0 Å². The van der Waals surface area contributed by atoms with E-state index >= 15 is 0 Å². The lowest BCUT2D eigenvalue weighted by Crippen LogP contribution is -2.35. The molecule has 1 amide bonds. The Morgan fingerprint density at radius 2 is 1.52 bits per heavy atom. The average molecular weight is 310 g/mol. The molecule has 7 heteroatoms. The van der Waals surface area contributed by atoms with E-state index in [1.54, 1.807) is 0 Å². The maximum atomic E-state index is 13.4. The van der Waals surface area contributed by atoms with Crippen LogP contribution in [0.1, 0.15) is 10.4 Å². The van der Waals surface area contributed by atoms with Gasteiger partial charge in [0, 0.05) is 5.69 Å². The molecular formula is C14H9F3N2OS. The zero-order valence-electron chi connectivity index (χ0n) is 10.5. The van der Waals surface area contributed by atoms with Gasteiger partial charge in [0.05, 0.1) is 0 Å². The summed E-state index contributed by atoms with van der Waals surface area (Å²) in [6.45, 7) is 0. The van der Waals surface area contributed by atoms with Crippen LogP contribution in [0.3, 0.4) is 0 Å². The first-order valence-corrected chi connectivity index (χ1v) is 6.20. The molecule has 0 bridgehead atoms. The quantitative estimate of drug-likeness (QED) is 0.837. The molecule has 0 spiro atoms. The molecule has 0 aliphatic heterocycles. The number of carbonyl (C=O) groups is 1. The third kappa shape index (κ3) is 3.79. The van der Waals surface area contributed by atoms with Crippen molar-refractivity contribution in [3.63, 3.8) is 0 Å². The molecular weight excluding hydrogens is 301 g/mol. The first-order chi connectivity index (χ1) is 9.97. The lowest BCUT2D eigenvalue weighted by molar-refractivity contribution is 0.0969. The minimum Gasteiger partial charge on any atom is -0.332 e. The fourth-order valence-electron chi connectivity index (χ4n) is 1.58. The van der Waals surface area contributed by atoms with Gasteiger partial charge < -0.3 is 5.32 Å². The molecule has 2 rings (SSSR count). The molecule has 0 atom stereocenters. The van der Waals surface area contributed by atoms with Crippen LogP contribution in [0, 0.1) is 17.5 Å². The summed E-state index contributed by atoms with van der Waals surface area (Å²) in [5, 5.41) is 4.59. The fourth-order valence-corrected chi connectivity index (χ4v) is 1.79. The number of rotatable bonds is 2. The number of amides is 1. The van der Waals surface area contributed by atoms with Crippen molar-refractivity contribution in [1.29, 1.82) is 0 Å². The molecule has 0 heterocycles. The van der Waals surface area contributed by atoms with Crippen LogP contribution in [0.5, 0.6) is 0 Å². The van der Waals surface area contributed by atoms with Crippen LogP contribution >= 0.6 is 12.2 Å². The van der Waals surface area contributed by atoms with Gasteiger partial charge in [-0.3, -0.25) is 10.1 Å². The molecule has 0 aliphatic rings. The molecule has 0 aliphatic carbocycles. The van der Waals surface area contributed by atoms with Crippen molar-refractivity contribution in [3.8, 4) is 0 Å². The number of halogens is 3. The predicted octanol–water partition coefficient (Wildman–Crippen LogP) is 3.23. The summed E-state index contributed by atoms with van der Waals surface area (Å²) in [6, 6.07) is 8.28. The minimum absolute atomic E-state index is 0.158. The highest BCUT2D eigenvalue weighted by Gasteiger charge is 2.17. The van der Waals surface area contributed by atoms with Crippen molar-refractivity contribution in [1.82, 2.24) is 5.32 Å². The monoisotopic (exact) mass is 310 g/mol. The number of hydrogen-bond donors (Lipinski definition) is 2. The maximum Gasteiger partial charge on any atom is 0.263 e. The maximum absolute atomic E-state index is 13.4. The second kappa shape index (κ2) is 6.36. The molecule has 0 saturated carbocycles. The third-order valence-electron chi connectivity index (χ3n) is 2.52. The topological polar surface area (TPSA) is 41.1 Å². The highest BCUT2D eigenvalue weighted by Crippen LogP contribution is 2.12. The van der Waals surface area contributed by atoms with Gasteiger partial charge in [0.1, 0.15) is 23.0 Å². The number of carbonyl (C=O) groups excluding carboxylic acids is 1. The third-order valence-corrected chi connectivity index (χ3v) is 2.72. The molecule has 3 nitrogen and oxygen atoms in total. The van der Waals surface area contributed by atoms with E-state index in [2.05, 4.69) is 10.6 Å². The summed E-state index contributed by atoms with van der Waals surface area (Å²) >= 11 is 4.85. The number of benzene rings is 2. The Balaban J connectivity index is 2.06. The molecule has 0 unspecified atom stereocenters. The SMILES string of the molecule is O=C(NC(=S)Nc1ccc(F)cc1)c1c(F)cccc1F. The zero-order chi connectivity index (χ0) is 15.4. The minimum atomic E-state index is -1.01. The number of hydrogen-bond acceptors (Lipinski definition) is 2. The normalized spacial score (nSPS) is 10.0. The van der Waals surface area contributed by atoms with E-state index in [0.717, 1.165) is 18.2 Å². The summed E-state index contributed by atoms with van der Waals surface area (Å²) < 4.78 is 39.6. The number of anilines is 1. The van der Waals surface area contributed by atoms with Gasteiger partial charge in [-0.1, -0.05) is 6.07 Å². The van der Waals surface area contributed by atoms with E-state index in [4.69, 9.17) is 12.2 Å². The van der Waals surface area contributed by atoms with Crippen molar-refractivity contribution in [2.75, 3.05) is 5.32 Å². The van der Waals surface area contributed by atoms with Crippen molar-refractivity contribution in [2.45, 2.75) is 0 Å². The van der Waals surface area contributed by atoms with Crippen molar-refractivity contribution >= 4 is 28.9 Å². The van der Waals surface area contributed by atoms with E-state index in [0.29, 0.717) is 5.69 Å². The van der Waals surface area contributed by atoms with Crippen LogP contribution in [-0.2, 0) is 0 Å². The van der Waals surface area contributed by atoms with Crippen LogP contribution in [0.25, 0.3) is 0 Å². The Hall–Kier alpha value is -2.41. The van der Waals surface area contributed by atoms with Gasteiger partial charge in [0.15, 0.2) is 5.11 Å². The van der Waals surface area contributed by atoms with Crippen molar-refractivity contribution in [3.05, 3.63) is 65.5 Å². The molecule has 0 radical (unpaired) electrons. The molecule has 2 aromatic rings. The van der Waals surface area contributed by atoms with E-state index in [9.17, 15) is 18.0 Å². The molecule has 0 fully saturated rings. The molecule has 108 valence electrons. The van der Waals surface area contributed by atoms with Gasteiger partial charge in [-0.2, -0.15) is 0 Å². The molecule has 21 heavy (non-hydrogen) atoms. The standard InChI is InChI=1S/C14H9F3N2OS/c15-8-4-6-9(7-5-8)18-14(21)19-13(20)12-10(16)2-1-3-11(12)17/h1-7H,(H2,18,19,20,21). The highest BCUT2D eigenvalue weighted by molar-refractivity contribution is 7.80. The van der Waals surface area contributed by atoms with E-state index in [-0.39, 0.29) is 5.11 Å². The van der Waals surface area contributed by atoms with Gasteiger partial charge in [-0.15, -0.1) is 0 Å². The van der Waals surface area contributed by atoms with Crippen LogP contribution < -0.4 is 10.6 Å². The van der Waals surface area contributed by atoms with Crippen molar-refractivity contribution in [2.24, 2.45) is 0 Å². The van der Waals surface area contributed by atoms with Crippen LogP contribution in [-0.4, -0.2) is 11.0 Å². The molecule has 2 N–H and O–H groups in total. The lowest BCUT2D eigenvalue weighted by atomic mass is 10.2. The molecule has 2 aromatic carbocycles. The molecule has 0 aromatic heterocycles. The highest BCUT2D eigenvalue weighted by atomic mass is 32.1. The van der Waals surface area contributed by atoms with Gasteiger partial charge in [-0.25, -0.2) is 13.2 Å². The Bertz CT molecular complexity index is 669. The summed E-state index contributed by atoms with van der Waals surface area (Å²) in [6.07, 6.45) is 0. The van der Waals surface area contributed by atoms with Gasteiger partial charge in [0.25, 0.3) is 5.91 Å². The smallest absolute Gasteiger partial charge is 0.263 e.